The first kappa shape index (κ1) is 17.9. The molecule has 2 aromatic carbocycles. The van der Waals surface area contributed by atoms with E-state index < -0.39 is 5.63 Å². The predicted molar refractivity (Wildman–Crippen MR) is 98.5 cm³/mol. The van der Waals surface area contributed by atoms with Crippen molar-refractivity contribution in [1.29, 1.82) is 0 Å². The van der Waals surface area contributed by atoms with E-state index in [0.717, 1.165) is 16.5 Å². The van der Waals surface area contributed by atoms with Crippen molar-refractivity contribution in [3.8, 4) is 0 Å². The average Bonchev–Trinajstić information content (AvgIpc) is 2.60. The Bertz CT molecular complexity index is 1020. The highest BCUT2D eigenvalue weighted by Gasteiger charge is 2.13. The Morgan fingerprint density at radius 3 is 2.69 bits per heavy atom. The summed E-state index contributed by atoms with van der Waals surface area (Å²) in [5.41, 5.74) is 2.92. The highest BCUT2D eigenvalue weighted by Crippen LogP contribution is 2.21. The fraction of sp³-hybridized carbons (Fsp3) is 0.238. The molecule has 0 aliphatic rings. The zero-order valence-electron chi connectivity index (χ0n) is 14.8. The maximum atomic E-state index is 13.6. The van der Waals surface area contributed by atoms with E-state index in [1.54, 1.807) is 18.2 Å². The second kappa shape index (κ2) is 7.52. The zero-order valence-corrected chi connectivity index (χ0v) is 14.8. The van der Waals surface area contributed by atoms with Crippen LogP contribution in [0.4, 0.5) is 4.39 Å². The minimum atomic E-state index is -0.414. The summed E-state index contributed by atoms with van der Waals surface area (Å²) in [7, 11) is 0. The van der Waals surface area contributed by atoms with Gasteiger partial charge in [-0.25, -0.2) is 9.18 Å². The van der Waals surface area contributed by atoms with E-state index in [2.05, 4.69) is 5.32 Å². The van der Waals surface area contributed by atoms with Gasteiger partial charge in [-0.3, -0.25) is 4.79 Å². The summed E-state index contributed by atoms with van der Waals surface area (Å²) >= 11 is 0. The summed E-state index contributed by atoms with van der Waals surface area (Å²) in [6.07, 6.45) is 0.415. The van der Waals surface area contributed by atoms with Crippen LogP contribution in [0.25, 0.3) is 11.0 Å². The number of halogens is 1. The van der Waals surface area contributed by atoms with Crippen LogP contribution in [0.3, 0.4) is 0 Å². The standard InChI is InChI=1S/C21H20FNO3/c1-13-7-8-16-14(2)17(21(25)26-19(16)11-13)9-10-20(24)23-12-15-5-3-4-6-18(15)22/h3-8,11H,9-10,12H2,1-2H3,(H,23,24). The lowest BCUT2D eigenvalue weighted by Crippen LogP contribution is -2.24. The molecule has 0 saturated carbocycles. The molecule has 0 aliphatic carbocycles. The number of amides is 1. The number of fused-ring (bicyclic) bond motifs is 1. The minimum absolute atomic E-state index is 0.121. The summed E-state index contributed by atoms with van der Waals surface area (Å²) in [5.74, 6) is -0.592. The third-order valence-corrected chi connectivity index (χ3v) is 4.48. The molecule has 5 heteroatoms. The van der Waals surface area contributed by atoms with E-state index in [4.69, 9.17) is 4.42 Å². The van der Waals surface area contributed by atoms with E-state index in [1.165, 1.54) is 6.07 Å². The zero-order chi connectivity index (χ0) is 18.7. The van der Waals surface area contributed by atoms with Crippen molar-refractivity contribution >= 4 is 16.9 Å². The minimum Gasteiger partial charge on any atom is -0.423 e. The van der Waals surface area contributed by atoms with Crippen molar-refractivity contribution in [2.45, 2.75) is 33.2 Å². The number of nitrogens with one attached hydrogen (secondary N) is 1. The monoisotopic (exact) mass is 353 g/mol. The van der Waals surface area contributed by atoms with Gasteiger partial charge in [0.2, 0.25) is 5.91 Å². The SMILES string of the molecule is Cc1ccc2c(C)c(CCC(=O)NCc3ccccc3F)c(=O)oc2c1. The molecule has 0 radical (unpaired) electrons. The van der Waals surface area contributed by atoms with Crippen LogP contribution in [-0.4, -0.2) is 5.91 Å². The van der Waals surface area contributed by atoms with Crippen LogP contribution in [0, 0.1) is 19.7 Å². The maximum absolute atomic E-state index is 13.6. The molecule has 0 saturated heterocycles. The van der Waals surface area contributed by atoms with Gasteiger partial charge in [0.15, 0.2) is 0 Å². The van der Waals surface area contributed by atoms with Crippen molar-refractivity contribution < 1.29 is 13.6 Å². The molecule has 3 aromatic rings. The lowest BCUT2D eigenvalue weighted by Gasteiger charge is -2.09. The van der Waals surface area contributed by atoms with Gasteiger partial charge in [-0.05, 0) is 43.5 Å². The third kappa shape index (κ3) is 3.82. The van der Waals surface area contributed by atoms with Crippen LogP contribution in [0.2, 0.25) is 0 Å². The fourth-order valence-electron chi connectivity index (χ4n) is 2.95. The average molecular weight is 353 g/mol. The van der Waals surface area contributed by atoms with E-state index in [9.17, 15) is 14.0 Å². The van der Waals surface area contributed by atoms with E-state index >= 15 is 0 Å². The van der Waals surface area contributed by atoms with Crippen molar-refractivity contribution in [1.82, 2.24) is 5.32 Å². The Labute approximate surface area is 150 Å². The number of hydrogen-bond donors (Lipinski definition) is 1. The first-order valence-corrected chi connectivity index (χ1v) is 8.49. The summed E-state index contributed by atoms with van der Waals surface area (Å²) in [6.45, 7) is 3.92. The van der Waals surface area contributed by atoms with Crippen molar-refractivity contribution in [2.75, 3.05) is 0 Å². The second-order valence-corrected chi connectivity index (χ2v) is 6.36. The molecule has 0 atom stereocenters. The molecule has 1 heterocycles. The lowest BCUT2D eigenvalue weighted by molar-refractivity contribution is -0.121. The molecule has 0 spiro atoms. The molecule has 0 aliphatic heterocycles. The van der Waals surface area contributed by atoms with Gasteiger partial charge in [0.05, 0.1) is 0 Å². The molecular weight excluding hydrogens is 333 g/mol. The summed E-state index contributed by atoms with van der Waals surface area (Å²) in [4.78, 5) is 24.3. The number of rotatable bonds is 5. The predicted octanol–water partition coefficient (Wildman–Crippen LogP) is 3.80. The van der Waals surface area contributed by atoms with Crippen LogP contribution in [0.5, 0.6) is 0 Å². The number of aryl methyl sites for hydroxylation is 2. The number of hydrogen-bond acceptors (Lipinski definition) is 3. The van der Waals surface area contributed by atoms with Crippen LogP contribution < -0.4 is 10.9 Å². The largest absolute Gasteiger partial charge is 0.423 e. The van der Waals surface area contributed by atoms with Gasteiger partial charge >= 0.3 is 5.63 Å². The molecule has 1 amide bonds. The van der Waals surface area contributed by atoms with E-state index in [0.29, 0.717) is 16.7 Å². The normalized spacial score (nSPS) is 10.9. The van der Waals surface area contributed by atoms with Crippen molar-refractivity contribution in [3.63, 3.8) is 0 Å². The molecule has 0 unspecified atom stereocenters. The van der Waals surface area contributed by atoms with Crippen LogP contribution in [-0.2, 0) is 17.8 Å². The van der Waals surface area contributed by atoms with Crippen molar-refractivity contribution in [2.24, 2.45) is 0 Å². The molecule has 134 valence electrons. The highest BCUT2D eigenvalue weighted by atomic mass is 19.1. The number of carbonyl (C=O) groups is 1. The number of benzene rings is 2. The van der Waals surface area contributed by atoms with Gasteiger partial charge < -0.3 is 9.73 Å². The summed E-state index contributed by atoms with van der Waals surface area (Å²) in [5, 5.41) is 3.55. The second-order valence-electron chi connectivity index (χ2n) is 6.36. The molecule has 26 heavy (non-hydrogen) atoms. The molecular formula is C21H20FNO3. The van der Waals surface area contributed by atoms with Gasteiger partial charge in [0.25, 0.3) is 0 Å². The Hall–Kier alpha value is -2.95. The van der Waals surface area contributed by atoms with Gasteiger partial charge in [-0.2, -0.15) is 0 Å². The summed E-state index contributed by atoms with van der Waals surface area (Å²) in [6, 6.07) is 12.0. The summed E-state index contributed by atoms with van der Waals surface area (Å²) < 4.78 is 19.0. The third-order valence-electron chi connectivity index (χ3n) is 4.48. The Balaban J connectivity index is 1.69. The molecule has 1 N–H and O–H groups in total. The van der Waals surface area contributed by atoms with E-state index in [-0.39, 0.29) is 31.1 Å². The van der Waals surface area contributed by atoms with Crippen LogP contribution >= 0.6 is 0 Å². The highest BCUT2D eigenvalue weighted by molar-refractivity contribution is 5.82. The fourth-order valence-corrected chi connectivity index (χ4v) is 2.95. The van der Waals surface area contributed by atoms with E-state index in [1.807, 2.05) is 32.0 Å². The molecule has 4 nitrogen and oxygen atoms in total. The number of carbonyl (C=O) groups excluding carboxylic acids is 1. The maximum Gasteiger partial charge on any atom is 0.339 e. The molecule has 1 aromatic heterocycles. The smallest absolute Gasteiger partial charge is 0.339 e. The quantitative estimate of drug-likeness (QED) is 0.710. The molecule has 3 rings (SSSR count). The van der Waals surface area contributed by atoms with Gasteiger partial charge in [0, 0.05) is 29.5 Å². The van der Waals surface area contributed by atoms with Gasteiger partial charge in [0.1, 0.15) is 11.4 Å². The topological polar surface area (TPSA) is 59.3 Å². The van der Waals surface area contributed by atoms with Crippen molar-refractivity contribution in [3.05, 3.63) is 81.0 Å². The van der Waals surface area contributed by atoms with Crippen LogP contribution in [0.1, 0.15) is 28.7 Å². The molecule has 0 bridgehead atoms. The lowest BCUT2D eigenvalue weighted by atomic mass is 10.0. The first-order valence-electron chi connectivity index (χ1n) is 8.49. The Morgan fingerprint density at radius 1 is 1.15 bits per heavy atom. The molecule has 0 fully saturated rings. The Kier molecular flexibility index (Phi) is 5.16. The van der Waals surface area contributed by atoms with Gasteiger partial charge in [-0.15, -0.1) is 0 Å². The first-order chi connectivity index (χ1) is 12.5. The van der Waals surface area contributed by atoms with Crippen LogP contribution in [0.15, 0.2) is 51.7 Å². The Morgan fingerprint density at radius 2 is 1.92 bits per heavy atom. The van der Waals surface area contributed by atoms with Gasteiger partial charge in [-0.1, -0.05) is 30.3 Å².